The van der Waals surface area contributed by atoms with Gasteiger partial charge in [-0.15, -0.1) is 0 Å². The minimum atomic E-state index is 0.773. The van der Waals surface area contributed by atoms with Crippen LogP contribution >= 0.6 is 0 Å². The second-order valence-corrected chi connectivity index (χ2v) is 7.12. The number of fused-ring (bicyclic) bond motifs is 1. The summed E-state index contributed by atoms with van der Waals surface area (Å²) in [5.74, 6) is 4.36. The van der Waals surface area contributed by atoms with Crippen molar-refractivity contribution in [3.8, 4) is 11.5 Å². The van der Waals surface area contributed by atoms with E-state index in [-0.39, 0.29) is 0 Å². The highest BCUT2D eigenvalue weighted by atomic mass is 16.5. The summed E-state index contributed by atoms with van der Waals surface area (Å²) in [7, 11) is 5.23. The van der Waals surface area contributed by atoms with Crippen LogP contribution in [0, 0.1) is 11.8 Å². The molecule has 2 fully saturated rings. The Hall–Kier alpha value is -1.91. The van der Waals surface area contributed by atoms with Gasteiger partial charge in [-0.25, -0.2) is 0 Å². The molecule has 5 heteroatoms. The molecule has 2 aliphatic rings. The molecule has 2 atom stereocenters. The first-order valence-electron chi connectivity index (χ1n) is 9.41. The monoisotopic (exact) mass is 345 g/mol. The molecule has 25 heavy (non-hydrogen) atoms. The fraction of sp³-hybridized carbons (Fsp3) is 0.650. The fourth-order valence-corrected chi connectivity index (χ4v) is 4.27. The SMILES string of the molecule is CN=C(NCCc1ccc(OC)c(OC)c1)N1CC2CCCCC2C1. The standard InChI is InChI=1S/C20H31N3O2/c1-21-20(23-13-16-6-4-5-7-17(16)14-23)22-11-10-15-8-9-18(24-2)19(12-15)25-3/h8-9,12,16-17H,4-7,10-11,13-14H2,1-3H3,(H,21,22). The summed E-state index contributed by atoms with van der Waals surface area (Å²) in [6.45, 7) is 3.20. The lowest BCUT2D eigenvalue weighted by Crippen LogP contribution is -2.41. The molecule has 5 nitrogen and oxygen atoms in total. The number of guanidine groups is 1. The number of likely N-dealkylation sites (tertiary alicyclic amines) is 1. The maximum Gasteiger partial charge on any atom is 0.193 e. The van der Waals surface area contributed by atoms with Crippen molar-refractivity contribution < 1.29 is 9.47 Å². The zero-order chi connectivity index (χ0) is 17.6. The summed E-state index contributed by atoms with van der Waals surface area (Å²) < 4.78 is 10.7. The van der Waals surface area contributed by atoms with Crippen molar-refractivity contribution in [2.24, 2.45) is 16.8 Å². The number of nitrogens with zero attached hydrogens (tertiary/aromatic N) is 2. The topological polar surface area (TPSA) is 46.1 Å². The van der Waals surface area contributed by atoms with E-state index >= 15 is 0 Å². The number of hydrogen-bond donors (Lipinski definition) is 1. The van der Waals surface area contributed by atoms with Crippen molar-refractivity contribution in [1.29, 1.82) is 0 Å². The molecule has 0 aromatic heterocycles. The van der Waals surface area contributed by atoms with E-state index < -0.39 is 0 Å². The third-order valence-electron chi connectivity index (χ3n) is 5.63. The summed E-state index contributed by atoms with van der Waals surface area (Å²) in [6.07, 6.45) is 6.52. The van der Waals surface area contributed by atoms with Crippen LogP contribution in [0.15, 0.2) is 23.2 Å². The Morgan fingerprint density at radius 3 is 2.40 bits per heavy atom. The summed E-state index contributed by atoms with van der Waals surface area (Å²) in [6, 6.07) is 6.11. The molecule has 0 amide bonds. The van der Waals surface area contributed by atoms with Crippen LogP contribution in [0.1, 0.15) is 31.2 Å². The lowest BCUT2D eigenvalue weighted by molar-refractivity contribution is 0.299. The van der Waals surface area contributed by atoms with Gasteiger partial charge in [0.2, 0.25) is 0 Å². The Balaban J connectivity index is 1.52. The molecule has 1 aliphatic carbocycles. The largest absolute Gasteiger partial charge is 0.493 e. The van der Waals surface area contributed by atoms with Crippen molar-refractivity contribution in [3.63, 3.8) is 0 Å². The van der Waals surface area contributed by atoms with Crippen LogP contribution in [-0.4, -0.2) is 51.8 Å². The van der Waals surface area contributed by atoms with Crippen molar-refractivity contribution >= 4 is 5.96 Å². The third kappa shape index (κ3) is 4.20. The van der Waals surface area contributed by atoms with Gasteiger partial charge in [-0.05, 0) is 48.8 Å². The molecule has 1 aliphatic heterocycles. The van der Waals surface area contributed by atoms with Crippen LogP contribution in [-0.2, 0) is 6.42 Å². The summed E-state index contributed by atoms with van der Waals surface area (Å²) >= 11 is 0. The quantitative estimate of drug-likeness (QED) is 0.658. The molecule has 3 rings (SSSR count). The highest BCUT2D eigenvalue weighted by Crippen LogP contribution is 2.36. The molecule has 138 valence electrons. The molecule has 0 bridgehead atoms. The van der Waals surface area contributed by atoms with Crippen LogP contribution in [0.4, 0.5) is 0 Å². The smallest absolute Gasteiger partial charge is 0.193 e. The van der Waals surface area contributed by atoms with Crippen molar-refractivity contribution in [1.82, 2.24) is 10.2 Å². The second kappa shape index (κ2) is 8.45. The number of benzene rings is 1. The fourth-order valence-electron chi connectivity index (χ4n) is 4.27. The average Bonchev–Trinajstić information content (AvgIpc) is 3.08. The molecule has 1 saturated carbocycles. The Morgan fingerprint density at radius 1 is 1.12 bits per heavy atom. The van der Waals surface area contributed by atoms with E-state index in [4.69, 9.17) is 9.47 Å². The van der Waals surface area contributed by atoms with Gasteiger partial charge in [0.1, 0.15) is 0 Å². The van der Waals surface area contributed by atoms with E-state index in [9.17, 15) is 0 Å². The third-order valence-corrected chi connectivity index (χ3v) is 5.63. The number of methoxy groups -OCH3 is 2. The van der Waals surface area contributed by atoms with Crippen LogP contribution in [0.25, 0.3) is 0 Å². The molecular weight excluding hydrogens is 314 g/mol. The molecule has 2 unspecified atom stereocenters. The van der Waals surface area contributed by atoms with E-state index in [0.717, 1.165) is 42.3 Å². The van der Waals surface area contributed by atoms with Gasteiger partial charge in [0, 0.05) is 26.7 Å². The zero-order valence-electron chi connectivity index (χ0n) is 15.8. The lowest BCUT2D eigenvalue weighted by Gasteiger charge is -2.22. The number of ether oxygens (including phenoxy) is 2. The second-order valence-electron chi connectivity index (χ2n) is 7.12. The molecule has 1 N–H and O–H groups in total. The summed E-state index contributed by atoms with van der Waals surface area (Å²) in [5, 5.41) is 3.54. The lowest BCUT2D eigenvalue weighted by atomic mass is 9.82. The Morgan fingerprint density at radius 2 is 1.80 bits per heavy atom. The molecule has 0 spiro atoms. The van der Waals surface area contributed by atoms with E-state index in [2.05, 4.69) is 21.3 Å². The van der Waals surface area contributed by atoms with Gasteiger partial charge >= 0.3 is 0 Å². The van der Waals surface area contributed by atoms with Gasteiger partial charge in [0.05, 0.1) is 14.2 Å². The Kier molecular flexibility index (Phi) is 6.05. The van der Waals surface area contributed by atoms with Crippen LogP contribution in [0.2, 0.25) is 0 Å². The maximum absolute atomic E-state index is 5.38. The highest BCUT2D eigenvalue weighted by molar-refractivity contribution is 5.80. The summed E-state index contributed by atoms with van der Waals surface area (Å²) in [4.78, 5) is 6.96. The molecule has 1 aromatic carbocycles. The van der Waals surface area contributed by atoms with E-state index in [1.54, 1.807) is 14.2 Å². The van der Waals surface area contributed by atoms with Gasteiger partial charge in [-0.3, -0.25) is 4.99 Å². The molecule has 1 heterocycles. The normalized spacial score (nSPS) is 23.3. The first kappa shape index (κ1) is 17.9. The Bertz CT molecular complexity index is 589. The van der Waals surface area contributed by atoms with E-state index in [1.165, 1.54) is 44.3 Å². The predicted octanol–water partition coefficient (Wildman–Crippen LogP) is 2.94. The minimum Gasteiger partial charge on any atom is -0.493 e. The highest BCUT2D eigenvalue weighted by Gasteiger charge is 2.35. The number of hydrogen-bond acceptors (Lipinski definition) is 3. The van der Waals surface area contributed by atoms with Gasteiger partial charge in [-0.2, -0.15) is 0 Å². The predicted molar refractivity (Wildman–Crippen MR) is 102 cm³/mol. The molecule has 1 saturated heterocycles. The molecule has 0 radical (unpaired) electrons. The molecular formula is C20H31N3O2. The van der Waals surface area contributed by atoms with Crippen LogP contribution in [0.3, 0.4) is 0 Å². The van der Waals surface area contributed by atoms with Gasteiger partial charge in [-0.1, -0.05) is 18.9 Å². The van der Waals surface area contributed by atoms with Gasteiger partial charge in [0.25, 0.3) is 0 Å². The maximum atomic E-state index is 5.38. The number of nitrogens with one attached hydrogen (secondary N) is 1. The number of aliphatic imine (C=N–C) groups is 1. The van der Waals surface area contributed by atoms with Gasteiger partial charge in [0.15, 0.2) is 17.5 Å². The summed E-state index contributed by atoms with van der Waals surface area (Å²) in [5.41, 5.74) is 1.23. The molecule has 1 aromatic rings. The average molecular weight is 345 g/mol. The van der Waals surface area contributed by atoms with Crippen molar-refractivity contribution in [2.45, 2.75) is 32.1 Å². The van der Waals surface area contributed by atoms with E-state index in [0.29, 0.717) is 0 Å². The minimum absolute atomic E-state index is 0.773. The van der Waals surface area contributed by atoms with Crippen molar-refractivity contribution in [3.05, 3.63) is 23.8 Å². The van der Waals surface area contributed by atoms with Gasteiger partial charge < -0.3 is 19.7 Å². The van der Waals surface area contributed by atoms with E-state index in [1.807, 2.05) is 19.2 Å². The first-order chi connectivity index (χ1) is 12.2. The van der Waals surface area contributed by atoms with Crippen LogP contribution in [0.5, 0.6) is 11.5 Å². The first-order valence-corrected chi connectivity index (χ1v) is 9.41. The van der Waals surface area contributed by atoms with Crippen LogP contribution < -0.4 is 14.8 Å². The number of rotatable bonds is 5. The Labute approximate surface area is 151 Å². The van der Waals surface area contributed by atoms with Crippen molar-refractivity contribution in [2.75, 3.05) is 40.9 Å². The zero-order valence-corrected chi connectivity index (χ0v) is 15.8.